The van der Waals surface area contributed by atoms with Crippen LogP contribution in [0.3, 0.4) is 0 Å². The van der Waals surface area contributed by atoms with E-state index in [2.05, 4.69) is 4.72 Å². The van der Waals surface area contributed by atoms with Crippen LogP contribution < -0.4 is 4.72 Å². The number of rotatable bonds is 5. The van der Waals surface area contributed by atoms with Crippen LogP contribution in [0.15, 0.2) is 24.3 Å². The van der Waals surface area contributed by atoms with Crippen molar-refractivity contribution in [1.82, 2.24) is 4.72 Å². The molecule has 0 saturated heterocycles. The van der Waals surface area contributed by atoms with E-state index in [0.717, 1.165) is 0 Å². The molecule has 0 aliphatic heterocycles. The van der Waals surface area contributed by atoms with Gasteiger partial charge in [-0.1, -0.05) is 12.1 Å². The molecule has 2 nitrogen and oxygen atoms in total. The zero-order valence-corrected chi connectivity index (χ0v) is 15.0. The van der Waals surface area contributed by atoms with Crippen molar-refractivity contribution >= 4 is 11.0 Å². The lowest BCUT2D eigenvalue weighted by molar-refractivity contribution is -0.164. The van der Waals surface area contributed by atoms with Crippen molar-refractivity contribution in [3.63, 3.8) is 0 Å². The molecule has 0 radical (unpaired) electrons. The molecule has 4 fully saturated rings. The van der Waals surface area contributed by atoms with E-state index in [1.807, 2.05) is 32.9 Å². The molecule has 2 bridgehead atoms. The minimum Gasteiger partial charge on any atom is -0.242 e. The molecule has 0 amide bonds. The van der Waals surface area contributed by atoms with Crippen LogP contribution in [0.5, 0.6) is 0 Å². The molecule has 1 aromatic rings. The highest BCUT2D eigenvalue weighted by molar-refractivity contribution is 7.84. The van der Waals surface area contributed by atoms with Gasteiger partial charge in [0, 0.05) is 6.04 Å². The Balaban J connectivity index is 1.47. The molecule has 1 N–H and O–H groups in total. The van der Waals surface area contributed by atoms with E-state index in [9.17, 15) is 8.60 Å². The average molecular weight is 335 g/mol. The molecule has 4 aliphatic carbocycles. The second kappa shape index (κ2) is 4.89. The van der Waals surface area contributed by atoms with Gasteiger partial charge in [0.1, 0.15) is 5.82 Å². The smallest absolute Gasteiger partial charge is 0.123 e. The maximum atomic E-state index is 13.1. The van der Waals surface area contributed by atoms with Crippen LogP contribution in [0.2, 0.25) is 0 Å². The zero-order valence-electron chi connectivity index (χ0n) is 14.2. The Morgan fingerprint density at radius 3 is 2.22 bits per heavy atom. The summed E-state index contributed by atoms with van der Waals surface area (Å²) in [6, 6.07) is 7.45. The number of nitrogens with one attached hydrogen (secondary N) is 1. The topological polar surface area (TPSA) is 29.1 Å². The summed E-state index contributed by atoms with van der Waals surface area (Å²) >= 11 is 0. The molecule has 0 aromatic heterocycles. The first-order valence-electron chi connectivity index (χ1n) is 8.68. The van der Waals surface area contributed by atoms with Gasteiger partial charge < -0.3 is 0 Å². The second-order valence-corrected chi connectivity index (χ2v) is 11.0. The third kappa shape index (κ3) is 2.49. The summed E-state index contributed by atoms with van der Waals surface area (Å²) in [5, 5.41) is 0. The summed E-state index contributed by atoms with van der Waals surface area (Å²) < 4.78 is 29.0. The van der Waals surface area contributed by atoms with Crippen LogP contribution in [0.4, 0.5) is 4.39 Å². The third-order valence-electron chi connectivity index (χ3n) is 6.07. The maximum absolute atomic E-state index is 13.1. The van der Waals surface area contributed by atoms with E-state index in [1.165, 1.54) is 37.7 Å². The molecular weight excluding hydrogens is 309 g/mol. The number of hydrogen-bond donors (Lipinski definition) is 1. The van der Waals surface area contributed by atoms with E-state index >= 15 is 0 Å². The molecule has 4 heteroatoms. The summed E-state index contributed by atoms with van der Waals surface area (Å²) in [6.45, 7) is 6.09. The van der Waals surface area contributed by atoms with Gasteiger partial charge in [-0.25, -0.2) is 13.3 Å². The van der Waals surface area contributed by atoms with Crippen molar-refractivity contribution in [2.24, 2.45) is 11.3 Å². The fourth-order valence-electron chi connectivity index (χ4n) is 4.75. The van der Waals surface area contributed by atoms with Crippen molar-refractivity contribution < 1.29 is 8.60 Å². The highest BCUT2D eigenvalue weighted by Crippen LogP contribution is 2.76. The van der Waals surface area contributed by atoms with Crippen LogP contribution in [0.25, 0.3) is 0 Å². The molecule has 0 spiro atoms. The van der Waals surface area contributed by atoms with Crippen LogP contribution in [-0.2, 0) is 16.4 Å². The Labute approximate surface area is 140 Å². The highest BCUT2D eigenvalue weighted by atomic mass is 32.2. The molecule has 0 heterocycles. The lowest BCUT2D eigenvalue weighted by Crippen LogP contribution is -2.72. The van der Waals surface area contributed by atoms with E-state index < -0.39 is 11.0 Å². The molecule has 2 atom stereocenters. The van der Waals surface area contributed by atoms with E-state index in [-0.39, 0.29) is 16.0 Å². The van der Waals surface area contributed by atoms with Crippen molar-refractivity contribution in [3.05, 3.63) is 35.6 Å². The van der Waals surface area contributed by atoms with Gasteiger partial charge in [-0.05, 0) is 87.3 Å². The molecule has 23 heavy (non-hydrogen) atoms. The fourth-order valence-corrected chi connectivity index (χ4v) is 5.78. The monoisotopic (exact) mass is 335 g/mol. The Morgan fingerprint density at radius 1 is 1.17 bits per heavy atom. The third-order valence-corrected chi connectivity index (χ3v) is 7.65. The first-order chi connectivity index (χ1) is 10.7. The van der Waals surface area contributed by atoms with Crippen LogP contribution in [0.1, 0.15) is 58.4 Å². The molecular formula is C19H26FNOS. The maximum Gasteiger partial charge on any atom is 0.123 e. The summed E-state index contributed by atoms with van der Waals surface area (Å²) in [5.74, 6) is 0.543. The normalized spacial score (nSPS) is 35.1. The van der Waals surface area contributed by atoms with Gasteiger partial charge in [0.05, 0.1) is 15.7 Å². The van der Waals surface area contributed by atoms with Crippen molar-refractivity contribution in [2.45, 2.75) is 69.1 Å². The molecule has 4 saturated carbocycles. The Bertz CT molecular complexity index is 625. The summed E-state index contributed by atoms with van der Waals surface area (Å²) in [6.07, 6.45) is 6.04. The van der Waals surface area contributed by atoms with Crippen molar-refractivity contribution in [1.29, 1.82) is 0 Å². The quantitative estimate of drug-likeness (QED) is 0.863. The molecule has 126 valence electrons. The first kappa shape index (κ1) is 15.8. The van der Waals surface area contributed by atoms with Gasteiger partial charge in [0.15, 0.2) is 0 Å². The van der Waals surface area contributed by atoms with Gasteiger partial charge in [-0.15, -0.1) is 0 Å². The van der Waals surface area contributed by atoms with Gasteiger partial charge in [0.2, 0.25) is 0 Å². The van der Waals surface area contributed by atoms with E-state index in [0.29, 0.717) is 17.4 Å². The average Bonchev–Trinajstić information content (AvgIpc) is 3.19. The molecule has 1 aromatic carbocycles. The first-order valence-corrected chi connectivity index (χ1v) is 9.83. The van der Waals surface area contributed by atoms with Gasteiger partial charge in [-0.3, -0.25) is 0 Å². The van der Waals surface area contributed by atoms with Crippen molar-refractivity contribution in [2.75, 3.05) is 0 Å². The van der Waals surface area contributed by atoms with Crippen LogP contribution in [0, 0.1) is 17.2 Å². The molecule has 2 unspecified atom stereocenters. The molecule has 5 rings (SSSR count). The zero-order chi connectivity index (χ0) is 16.5. The number of benzene rings is 1. The standard InChI is InChI=1S/C19H26FNOS/c1-17(2,3)23(22)21-16(13-4-5-13)19-10-18(11-19,12-19)14-6-8-15(20)9-7-14/h6-9,13,16,21H,4-5,10-12H2,1-3H3. The Morgan fingerprint density at radius 2 is 1.74 bits per heavy atom. The van der Waals surface area contributed by atoms with Crippen LogP contribution >= 0.6 is 0 Å². The van der Waals surface area contributed by atoms with Crippen LogP contribution in [-0.4, -0.2) is 15.0 Å². The minimum atomic E-state index is -0.998. The van der Waals surface area contributed by atoms with E-state index in [1.54, 1.807) is 12.1 Å². The Hall–Kier alpha value is -0.740. The van der Waals surface area contributed by atoms with Gasteiger partial charge in [0.25, 0.3) is 0 Å². The summed E-state index contributed by atoms with van der Waals surface area (Å²) in [7, 11) is -0.998. The second-order valence-electron chi connectivity index (χ2n) is 8.99. The van der Waals surface area contributed by atoms with Gasteiger partial charge in [-0.2, -0.15) is 0 Å². The summed E-state index contributed by atoms with van der Waals surface area (Å²) in [5.41, 5.74) is 1.88. The van der Waals surface area contributed by atoms with Gasteiger partial charge >= 0.3 is 0 Å². The summed E-state index contributed by atoms with van der Waals surface area (Å²) in [4.78, 5) is 0. The SMILES string of the molecule is CC(C)(C)S(=O)NC(C1CC1)C12CC(c3ccc(F)cc3)(C1)C2. The lowest BCUT2D eigenvalue weighted by atomic mass is 9.31. The number of halogens is 1. The van der Waals surface area contributed by atoms with E-state index in [4.69, 9.17) is 0 Å². The predicted molar refractivity (Wildman–Crippen MR) is 91.9 cm³/mol. The predicted octanol–water partition coefficient (Wildman–Crippen LogP) is 4.08. The largest absolute Gasteiger partial charge is 0.242 e. The Kier molecular flexibility index (Phi) is 3.35. The lowest BCUT2D eigenvalue weighted by Gasteiger charge is -2.74. The highest BCUT2D eigenvalue weighted by Gasteiger charge is 2.72. The number of hydrogen-bond acceptors (Lipinski definition) is 1. The van der Waals surface area contributed by atoms with Crippen molar-refractivity contribution in [3.8, 4) is 0 Å². The fraction of sp³-hybridized carbons (Fsp3) is 0.684. The molecule has 4 aliphatic rings. The minimum absolute atomic E-state index is 0.159.